The number of benzene rings is 1. The van der Waals surface area contributed by atoms with Crippen molar-refractivity contribution in [2.75, 3.05) is 13.7 Å². The molecule has 0 aromatic heterocycles. The Morgan fingerprint density at radius 3 is 2.06 bits per heavy atom. The quantitative estimate of drug-likeness (QED) is 0.931. The van der Waals surface area contributed by atoms with Crippen molar-refractivity contribution in [3.63, 3.8) is 0 Å². The van der Waals surface area contributed by atoms with Gasteiger partial charge in [-0.15, -0.1) is 0 Å². The molecule has 90 valence electrons. The van der Waals surface area contributed by atoms with Crippen LogP contribution in [0.1, 0.15) is 5.56 Å². The fraction of sp³-hybridized carbons (Fsp3) is 0.400. The maximum atomic E-state index is 12.9. The van der Waals surface area contributed by atoms with Crippen molar-refractivity contribution in [2.24, 2.45) is 5.73 Å². The SMILES string of the molecule is COC(CN)(c1ccc(Br)cc1)C(F)(F)F. The van der Waals surface area contributed by atoms with Gasteiger partial charge < -0.3 is 10.5 Å². The highest BCUT2D eigenvalue weighted by molar-refractivity contribution is 9.10. The van der Waals surface area contributed by atoms with Crippen LogP contribution in [0.5, 0.6) is 0 Å². The van der Waals surface area contributed by atoms with Crippen LogP contribution in [0, 0.1) is 0 Å². The van der Waals surface area contributed by atoms with E-state index in [1.807, 2.05) is 0 Å². The average Bonchev–Trinajstić information content (AvgIpc) is 2.21. The zero-order chi connectivity index (χ0) is 12.4. The van der Waals surface area contributed by atoms with E-state index >= 15 is 0 Å². The monoisotopic (exact) mass is 297 g/mol. The van der Waals surface area contributed by atoms with Gasteiger partial charge in [0.25, 0.3) is 0 Å². The molecule has 0 aliphatic heterocycles. The number of rotatable bonds is 3. The molecule has 0 spiro atoms. The van der Waals surface area contributed by atoms with Gasteiger partial charge in [0.05, 0.1) is 0 Å². The first-order valence-corrected chi connectivity index (χ1v) is 5.24. The van der Waals surface area contributed by atoms with Crippen molar-refractivity contribution in [1.82, 2.24) is 0 Å². The molecule has 1 atom stereocenters. The second kappa shape index (κ2) is 4.73. The van der Waals surface area contributed by atoms with E-state index < -0.39 is 18.3 Å². The van der Waals surface area contributed by atoms with Crippen molar-refractivity contribution >= 4 is 15.9 Å². The average molecular weight is 298 g/mol. The topological polar surface area (TPSA) is 35.2 Å². The Bertz CT molecular complexity index is 346. The molecule has 0 radical (unpaired) electrons. The predicted octanol–water partition coefficient (Wildman–Crippen LogP) is 2.81. The third kappa shape index (κ3) is 2.23. The van der Waals surface area contributed by atoms with Gasteiger partial charge in [-0.2, -0.15) is 13.2 Å². The van der Waals surface area contributed by atoms with Gasteiger partial charge in [-0.1, -0.05) is 28.1 Å². The van der Waals surface area contributed by atoms with E-state index in [0.717, 1.165) is 7.11 Å². The van der Waals surface area contributed by atoms with Crippen LogP contribution in [-0.2, 0) is 10.3 Å². The van der Waals surface area contributed by atoms with Gasteiger partial charge in [0, 0.05) is 18.1 Å². The van der Waals surface area contributed by atoms with E-state index in [1.54, 1.807) is 0 Å². The Kier molecular flexibility index (Phi) is 3.98. The van der Waals surface area contributed by atoms with Gasteiger partial charge in [-0.05, 0) is 17.7 Å². The van der Waals surface area contributed by atoms with E-state index in [4.69, 9.17) is 5.73 Å². The third-order valence-corrected chi connectivity index (χ3v) is 2.93. The van der Waals surface area contributed by atoms with Gasteiger partial charge in [0.2, 0.25) is 5.60 Å². The van der Waals surface area contributed by atoms with Crippen molar-refractivity contribution in [3.05, 3.63) is 34.3 Å². The van der Waals surface area contributed by atoms with Crippen LogP contribution in [-0.4, -0.2) is 19.8 Å². The van der Waals surface area contributed by atoms with Gasteiger partial charge in [-0.25, -0.2) is 0 Å². The molecule has 2 N–H and O–H groups in total. The first-order valence-electron chi connectivity index (χ1n) is 4.45. The van der Waals surface area contributed by atoms with Crippen LogP contribution in [0.4, 0.5) is 13.2 Å². The number of hydrogen-bond donors (Lipinski definition) is 1. The molecular formula is C10H11BrF3NO. The predicted molar refractivity (Wildman–Crippen MR) is 57.9 cm³/mol. The van der Waals surface area contributed by atoms with Crippen LogP contribution < -0.4 is 5.73 Å². The second-order valence-electron chi connectivity index (χ2n) is 3.24. The second-order valence-corrected chi connectivity index (χ2v) is 4.16. The van der Waals surface area contributed by atoms with Crippen LogP contribution in [0.15, 0.2) is 28.7 Å². The van der Waals surface area contributed by atoms with Crippen LogP contribution in [0.2, 0.25) is 0 Å². The number of ether oxygens (including phenoxy) is 1. The summed E-state index contributed by atoms with van der Waals surface area (Å²) in [5.74, 6) is 0. The van der Waals surface area contributed by atoms with E-state index in [9.17, 15) is 13.2 Å². The Labute approximate surface area is 99.7 Å². The summed E-state index contributed by atoms with van der Waals surface area (Å²) in [5.41, 5.74) is 2.77. The molecule has 0 bridgehead atoms. The highest BCUT2D eigenvalue weighted by Crippen LogP contribution is 2.41. The molecular weight excluding hydrogens is 287 g/mol. The lowest BCUT2D eigenvalue weighted by Gasteiger charge is -2.33. The van der Waals surface area contributed by atoms with Gasteiger partial charge in [0.15, 0.2) is 0 Å². The summed E-state index contributed by atoms with van der Waals surface area (Å²) in [4.78, 5) is 0. The highest BCUT2D eigenvalue weighted by atomic mass is 79.9. The minimum Gasteiger partial charge on any atom is -0.363 e. The lowest BCUT2D eigenvalue weighted by molar-refractivity contribution is -0.272. The first-order chi connectivity index (χ1) is 7.37. The minimum absolute atomic E-state index is 0.00630. The van der Waals surface area contributed by atoms with Gasteiger partial charge in [0.1, 0.15) is 0 Å². The lowest BCUT2D eigenvalue weighted by Crippen LogP contribution is -2.49. The molecule has 2 nitrogen and oxygen atoms in total. The summed E-state index contributed by atoms with van der Waals surface area (Å²) < 4.78 is 44.1. The molecule has 0 saturated heterocycles. The molecule has 1 aromatic carbocycles. The summed E-state index contributed by atoms with van der Waals surface area (Å²) >= 11 is 3.15. The zero-order valence-electron chi connectivity index (χ0n) is 8.51. The summed E-state index contributed by atoms with van der Waals surface area (Å²) in [6, 6.07) is 5.72. The molecule has 0 heterocycles. The van der Waals surface area contributed by atoms with Crippen LogP contribution in [0.3, 0.4) is 0 Å². The third-order valence-electron chi connectivity index (χ3n) is 2.40. The zero-order valence-corrected chi connectivity index (χ0v) is 10.1. The maximum Gasteiger partial charge on any atom is 0.422 e. The van der Waals surface area contributed by atoms with Gasteiger partial charge >= 0.3 is 6.18 Å². The molecule has 0 fully saturated rings. The van der Waals surface area contributed by atoms with E-state index in [1.165, 1.54) is 24.3 Å². The molecule has 0 aliphatic rings. The standard InChI is InChI=1S/C10H11BrF3NO/c1-16-9(6-15,10(12,13)14)7-2-4-8(11)5-3-7/h2-5H,6,15H2,1H3. The van der Waals surface area contributed by atoms with Crippen LogP contribution >= 0.6 is 15.9 Å². The fourth-order valence-electron chi connectivity index (χ4n) is 1.43. The van der Waals surface area contributed by atoms with E-state index in [0.29, 0.717) is 4.47 Å². The Morgan fingerprint density at radius 1 is 1.25 bits per heavy atom. The molecule has 6 heteroatoms. The van der Waals surface area contributed by atoms with Gasteiger partial charge in [-0.3, -0.25) is 0 Å². The molecule has 1 unspecified atom stereocenters. The molecule has 1 aromatic rings. The number of halogens is 4. The lowest BCUT2D eigenvalue weighted by atomic mass is 9.93. The Morgan fingerprint density at radius 2 is 1.75 bits per heavy atom. The summed E-state index contributed by atoms with van der Waals surface area (Å²) in [5, 5.41) is 0. The normalized spacial score (nSPS) is 15.9. The van der Waals surface area contributed by atoms with Crippen molar-refractivity contribution in [3.8, 4) is 0 Å². The largest absolute Gasteiger partial charge is 0.422 e. The van der Waals surface area contributed by atoms with Crippen molar-refractivity contribution in [1.29, 1.82) is 0 Å². The Balaban J connectivity index is 3.26. The highest BCUT2D eigenvalue weighted by Gasteiger charge is 2.55. The maximum absolute atomic E-state index is 12.9. The number of hydrogen-bond acceptors (Lipinski definition) is 2. The molecule has 0 amide bonds. The number of nitrogens with two attached hydrogens (primary N) is 1. The van der Waals surface area contributed by atoms with Crippen LogP contribution in [0.25, 0.3) is 0 Å². The van der Waals surface area contributed by atoms with E-state index in [2.05, 4.69) is 20.7 Å². The number of methoxy groups -OCH3 is 1. The van der Waals surface area contributed by atoms with Crippen molar-refractivity contribution in [2.45, 2.75) is 11.8 Å². The Hall–Kier alpha value is -0.590. The molecule has 0 aliphatic carbocycles. The molecule has 16 heavy (non-hydrogen) atoms. The minimum atomic E-state index is -4.55. The summed E-state index contributed by atoms with van der Waals surface area (Å²) in [6.45, 7) is -0.658. The fourth-order valence-corrected chi connectivity index (χ4v) is 1.70. The summed E-state index contributed by atoms with van der Waals surface area (Å²) in [6.07, 6.45) is -4.55. The van der Waals surface area contributed by atoms with Crippen molar-refractivity contribution < 1.29 is 17.9 Å². The smallest absolute Gasteiger partial charge is 0.363 e. The molecule has 1 rings (SSSR count). The first kappa shape index (κ1) is 13.5. The molecule has 0 saturated carbocycles. The number of alkyl halides is 3. The summed E-state index contributed by atoms with van der Waals surface area (Å²) in [7, 11) is 1.00. The van der Waals surface area contributed by atoms with E-state index in [-0.39, 0.29) is 5.56 Å².